The monoisotopic (exact) mass is 284 g/mol. The number of nitrogens with zero attached hydrogens (tertiary/aromatic N) is 1. The van der Waals surface area contributed by atoms with Crippen molar-refractivity contribution in [1.29, 1.82) is 0 Å². The second kappa shape index (κ2) is 6.43. The number of benzene rings is 1. The van der Waals surface area contributed by atoms with E-state index in [-0.39, 0.29) is 12.6 Å². The van der Waals surface area contributed by atoms with Crippen LogP contribution < -0.4 is 10.6 Å². The van der Waals surface area contributed by atoms with E-state index in [4.69, 9.17) is 22.4 Å². The summed E-state index contributed by atoms with van der Waals surface area (Å²) in [6, 6.07) is 4.64. The number of aliphatic carboxylic acids is 1. The molecule has 19 heavy (non-hydrogen) atoms. The van der Waals surface area contributed by atoms with E-state index in [9.17, 15) is 9.59 Å². The molecule has 0 saturated heterocycles. The van der Waals surface area contributed by atoms with Gasteiger partial charge in [0.15, 0.2) is 0 Å². The lowest BCUT2D eigenvalue weighted by atomic mass is 10.1. The lowest BCUT2D eigenvalue weighted by Gasteiger charge is -2.30. The molecule has 1 aromatic rings. The third-order valence-electron chi connectivity index (χ3n) is 2.97. The van der Waals surface area contributed by atoms with E-state index in [2.05, 4.69) is 0 Å². The van der Waals surface area contributed by atoms with E-state index < -0.39 is 11.9 Å². The van der Waals surface area contributed by atoms with Crippen LogP contribution in [-0.4, -0.2) is 29.6 Å². The lowest BCUT2D eigenvalue weighted by Crippen LogP contribution is -2.37. The summed E-state index contributed by atoms with van der Waals surface area (Å²) in [6.07, 6.45) is 0.779. The number of primary amides is 1. The molecule has 1 rings (SSSR count). The first-order valence-electron chi connectivity index (χ1n) is 5.94. The van der Waals surface area contributed by atoms with E-state index >= 15 is 0 Å². The van der Waals surface area contributed by atoms with E-state index in [0.29, 0.717) is 16.3 Å². The quantitative estimate of drug-likeness (QED) is 0.838. The minimum absolute atomic E-state index is 0.0213. The normalized spacial score (nSPS) is 11.9. The zero-order chi connectivity index (χ0) is 14.6. The maximum Gasteiger partial charge on any atom is 0.323 e. The van der Waals surface area contributed by atoms with Crippen LogP contribution in [0, 0.1) is 0 Å². The maximum atomic E-state index is 11.1. The van der Waals surface area contributed by atoms with Crippen molar-refractivity contribution in [2.45, 2.75) is 26.3 Å². The fourth-order valence-electron chi connectivity index (χ4n) is 1.74. The van der Waals surface area contributed by atoms with Crippen LogP contribution in [0.3, 0.4) is 0 Å². The molecule has 1 aromatic carbocycles. The molecule has 5 nitrogen and oxygen atoms in total. The highest BCUT2D eigenvalue weighted by Crippen LogP contribution is 2.29. The molecule has 0 aliphatic heterocycles. The molecule has 0 aromatic heterocycles. The van der Waals surface area contributed by atoms with Gasteiger partial charge in [0.05, 0.1) is 10.7 Å². The molecule has 0 aliphatic rings. The Kier molecular flexibility index (Phi) is 5.18. The highest BCUT2D eigenvalue weighted by molar-refractivity contribution is 6.33. The number of carbonyl (C=O) groups is 2. The largest absolute Gasteiger partial charge is 0.480 e. The number of hydrogen-bond donors (Lipinski definition) is 2. The summed E-state index contributed by atoms with van der Waals surface area (Å²) >= 11 is 6.11. The standard InChI is InChI=1S/C13H17ClN2O3/c1-3-8(2)16(7-12(17)18)11-5-4-9(13(15)19)6-10(11)14/h4-6,8H,3,7H2,1-2H3,(H2,15,19)(H,17,18). The Morgan fingerprint density at radius 1 is 1.47 bits per heavy atom. The van der Waals surface area contributed by atoms with Crippen LogP contribution in [0.25, 0.3) is 0 Å². The van der Waals surface area contributed by atoms with Crippen molar-refractivity contribution in [2.24, 2.45) is 5.73 Å². The fraction of sp³-hybridized carbons (Fsp3) is 0.385. The number of carbonyl (C=O) groups excluding carboxylic acids is 1. The summed E-state index contributed by atoms with van der Waals surface area (Å²) in [7, 11) is 0. The number of anilines is 1. The van der Waals surface area contributed by atoms with Crippen LogP contribution in [0.1, 0.15) is 30.6 Å². The Morgan fingerprint density at radius 2 is 2.11 bits per heavy atom. The zero-order valence-corrected chi connectivity index (χ0v) is 11.6. The first-order valence-corrected chi connectivity index (χ1v) is 6.32. The van der Waals surface area contributed by atoms with Gasteiger partial charge in [0, 0.05) is 11.6 Å². The highest BCUT2D eigenvalue weighted by Gasteiger charge is 2.19. The second-order valence-electron chi connectivity index (χ2n) is 4.31. The highest BCUT2D eigenvalue weighted by atomic mass is 35.5. The number of halogens is 1. The van der Waals surface area contributed by atoms with Crippen LogP contribution in [0.5, 0.6) is 0 Å². The van der Waals surface area contributed by atoms with E-state index in [0.717, 1.165) is 6.42 Å². The molecule has 0 heterocycles. The predicted octanol–water partition coefficient (Wildman–Crippen LogP) is 2.13. The maximum absolute atomic E-state index is 11.1. The molecular formula is C13H17ClN2O3. The van der Waals surface area contributed by atoms with Crippen molar-refractivity contribution >= 4 is 29.2 Å². The molecule has 3 N–H and O–H groups in total. The summed E-state index contributed by atoms with van der Waals surface area (Å²) in [6.45, 7) is 3.73. The molecule has 0 saturated carbocycles. The molecular weight excluding hydrogens is 268 g/mol. The number of carboxylic acids is 1. The number of carboxylic acid groups (broad SMARTS) is 1. The van der Waals surface area contributed by atoms with E-state index in [1.165, 1.54) is 6.07 Å². The van der Waals surface area contributed by atoms with Gasteiger partial charge in [-0.1, -0.05) is 18.5 Å². The molecule has 0 bridgehead atoms. The molecule has 0 aliphatic carbocycles. The van der Waals surface area contributed by atoms with Gasteiger partial charge >= 0.3 is 5.97 Å². The molecule has 6 heteroatoms. The minimum Gasteiger partial charge on any atom is -0.480 e. The van der Waals surface area contributed by atoms with Crippen molar-refractivity contribution in [3.63, 3.8) is 0 Å². The predicted molar refractivity (Wildman–Crippen MR) is 74.7 cm³/mol. The number of nitrogens with two attached hydrogens (primary N) is 1. The van der Waals surface area contributed by atoms with Gasteiger partial charge in [0.2, 0.25) is 5.91 Å². The van der Waals surface area contributed by atoms with Crippen molar-refractivity contribution < 1.29 is 14.7 Å². The van der Waals surface area contributed by atoms with Crippen LogP contribution in [-0.2, 0) is 4.79 Å². The summed E-state index contributed by atoms with van der Waals surface area (Å²) in [5.41, 5.74) is 6.06. The summed E-state index contributed by atoms with van der Waals surface area (Å²) < 4.78 is 0. The van der Waals surface area contributed by atoms with Gasteiger partial charge in [-0.05, 0) is 31.5 Å². The number of rotatable bonds is 6. The topological polar surface area (TPSA) is 83.6 Å². The van der Waals surface area contributed by atoms with Gasteiger partial charge in [0.25, 0.3) is 0 Å². The van der Waals surface area contributed by atoms with Gasteiger partial charge in [-0.15, -0.1) is 0 Å². The fourth-order valence-corrected chi connectivity index (χ4v) is 2.03. The summed E-state index contributed by atoms with van der Waals surface area (Å²) in [5, 5.41) is 9.28. The van der Waals surface area contributed by atoms with Crippen molar-refractivity contribution in [1.82, 2.24) is 0 Å². The van der Waals surface area contributed by atoms with Gasteiger partial charge < -0.3 is 15.7 Å². The average Bonchev–Trinajstić information content (AvgIpc) is 2.35. The summed E-state index contributed by atoms with van der Waals surface area (Å²) in [4.78, 5) is 23.7. The SMILES string of the molecule is CCC(C)N(CC(=O)O)c1ccc(C(N)=O)cc1Cl. The van der Waals surface area contributed by atoms with Crippen LogP contribution >= 0.6 is 11.6 Å². The first-order chi connectivity index (χ1) is 8.86. The van der Waals surface area contributed by atoms with Gasteiger partial charge in [0.1, 0.15) is 6.54 Å². The Balaban J connectivity index is 3.15. The second-order valence-corrected chi connectivity index (χ2v) is 4.72. The molecule has 1 amide bonds. The molecule has 1 atom stereocenters. The van der Waals surface area contributed by atoms with Crippen molar-refractivity contribution in [3.05, 3.63) is 28.8 Å². The molecule has 0 fully saturated rings. The van der Waals surface area contributed by atoms with Crippen LogP contribution in [0.4, 0.5) is 5.69 Å². The lowest BCUT2D eigenvalue weighted by molar-refractivity contribution is -0.135. The van der Waals surface area contributed by atoms with Crippen LogP contribution in [0.2, 0.25) is 5.02 Å². The van der Waals surface area contributed by atoms with Gasteiger partial charge in [-0.25, -0.2) is 0 Å². The van der Waals surface area contributed by atoms with Gasteiger partial charge in [-0.2, -0.15) is 0 Å². The van der Waals surface area contributed by atoms with E-state index in [1.54, 1.807) is 17.0 Å². The smallest absolute Gasteiger partial charge is 0.323 e. The van der Waals surface area contributed by atoms with E-state index in [1.807, 2.05) is 13.8 Å². The van der Waals surface area contributed by atoms with Crippen molar-refractivity contribution in [2.75, 3.05) is 11.4 Å². The minimum atomic E-state index is -0.935. The third kappa shape index (κ3) is 3.86. The third-order valence-corrected chi connectivity index (χ3v) is 3.27. The van der Waals surface area contributed by atoms with Gasteiger partial charge in [-0.3, -0.25) is 9.59 Å². The Morgan fingerprint density at radius 3 is 2.53 bits per heavy atom. The first kappa shape index (κ1) is 15.3. The average molecular weight is 285 g/mol. The molecule has 0 spiro atoms. The molecule has 104 valence electrons. The Labute approximate surface area is 117 Å². The van der Waals surface area contributed by atoms with Crippen molar-refractivity contribution in [3.8, 4) is 0 Å². The summed E-state index contributed by atoms with van der Waals surface area (Å²) in [5.74, 6) is -1.50. The molecule has 1 unspecified atom stereocenters. The number of hydrogen-bond acceptors (Lipinski definition) is 3. The number of amides is 1. The molecule has 0 radical (unpaired) electrons. The Hall–Kier alpha value is -1.75. The zero-order valence-electron chi connectivity index (χ0n) is 10.9. The Bertz CT molecular complexity index is 491. The van der Waals surface area contributed by atoms with Crippen LogP contribution in [0.15, 0.2) is 18.2 Å².